The molecule has 0 spiro atoms. The van der Waals surface area contributed by atoms with Gasteiger partial charge in [-0.1, -0.05) is 63.8 Å². The molecule has 0 aromatic heterocycles. The molecular formula is C26H36N2Pd. The minimum Gasteiger partial charge on any atom is -0.252 e. The standard InChI is InChI=1S/C26H36N2.Pd/c1-5-7-9-13-17-26(28-24-19-21(3)18-22(4)20-24)25(16-8-6-2)27-23-14-11-10-12-15-23;/h10-12,14-15,18-20H,5-9,13,16-17H2,1-4H3;/b27-25+,28-26+;. The van der Waals surface area contributed by atoms with Gasteiger partial charge in [0.15, 0.2) is 0 Å². The Morgan fingerprint density at radius 3 is 1.79 bits per heavy atom. The predicted octanol–water partition coefficient (Wildman–Crippen LogP) is 8.31. The van der Waals surface area contributed by atoms with Crippen molar-refractivity contribution >= 4 is 22.8 Å². The minimum absolute atomic E-state index is 0. The number of hydrogen-bond acceptors (Lipinski definition) is 2. The summed E-state index contributed by atoms with van der Waals surface area (Å²) < 4.78 is 0. The summed E-state index contributed by atoms with van der Waals surface area (Å²) in [7, 11) is 0. The maximum Gasteiger partial charge on any atom is 0.0639 e. The third-order valence-corrected chi connectivity index (χ3v) is 4.86. The van der Waals surface area contributed by atoms with Gasteiger partial charge in [0.05, 0.1) is 22.8 Å². The van der Waals surface area contributed by atoms with E-state index in [2.05, 4.69) is 70.2 Å². The Morgan fingerprint density at radius 2 is 1.21 bits per heavy atom. The van der Waals surface area contributed by atoms with Crippen molar-refractivity contribution in [2.75, 3.05) is 0 Å². The normalized spacial score (nSPS) is 12.0. The van der Waals surface area contributed by atoms with Crippen molar-refractivity contribution in [2.45, 2.75) is 79.1 Å². The van der Waals surface area contributed by atoms with Gasteiger partial charge in [0.2, 0.25) is 0 Å². The van der Waals surface area contributed by atoms with E-state index in [0.717, 1.165) is 36.3 Å². The van der Waals surface area contributed by atoms with Crippen molar-refractivity contribution in [3.05, 3.63) is 59.7 Å². The molecule has 0 aliphatic carbocycles. The predicted molar refractivity (Wildman–Crippen MR) is 125 cm³/mol. The number of unbranched alkanes of at least 4 members (excludes halogenated alkanes) is 4. The number of benzene rings is 2. The molecule has 0 unspecified atom stereocenters. The van der Waals surface area contributed by atoms with Gasteiger partial charge in [-0.25, -0.2) is 0 Å². The fourth-order valence-electron chi connectivity index (χ4n) is 3.42. The van der Waals surface area contributed by atoms with Crippen LogP contribution in [0.15, 0.2) is 58.5 Å². The van der Waals surface area contributed by atoms with Crippen molar-refractivity contribution in [3.63, 3.8) is 0 Å². The summed E-state index contributed by atoms with van der Waals surface area (Å²) in [6.45, 7) is 8.78. The van der Waals surface area contributed by atoms with Gasteiger partial charge in [-0.2, -0.15) is 0 Å². The number of rotatable bonds is 11. The molecule has 0 saturated carbocycles. The molecule has 0 atom stereocenters. The molecule has 0 N–H and O–H groups in total. The topological polar surface area (TPSA) is 24.7 Å². The van der Waals surface area contributed by atoms with Crippen LogP contribution in [-0.2, 0) is 20.4 Å². The largest absolute Gasteiger partial charge is 0.252 e. The van der Waals surface area contributed by atoms with Gasteiger partial charge in [-0.15, -0.1) is 0 Å². The van der Waals surface area contributed by atoms with E-state index < -0.39 is 0 Å². The van der Waals surface area contributed by atoms with Crippen LogP contribution in [0.25, 0.3) is 0 Å². The van der Waals surface area contributed by atoms with E-state index >= 15 is 0 Å². The van der Waals surface area contributed by atoms with Crippen LogP contribution in [0.1, 0.15) is 76.3 Å². The monoisotopic (exact) mass is 482 g/mol. The summed E-state index contributed by atoms with van der Waals surface area (Å²) in [5, 5.41) is 0. The molecular weight excluding hydrogens is 447 g/mol. The van der Waals surface area contributed by atoms with Crippen LogP contribution >= 0.6 is 0 Å². The minimum atomic E-state index is 0. The van der Waals surface area contributed by atoms with Crippen LogP contribution in [0.3, 0.4) is 0 Å². The molecule has 2 rings (SSSR count). The maximum atomic E-state index is 5.11. The second-order valence-electron chi connectivity index (χ2n) is 7.71. The van der Waals surface area contributed by atoms with Crippen LogP contribution < -0.4 is 0 Å². The van der Waals surface area contributed by atoms with Crippen LogP contribution in [0.5, 0.6) is 0 Å². The number of aryl methyl sites for hydroxylation is 2. The van der Waals surface area contributed by atoms with Gasteiger partial charge in [0.25, 0.3) is 0 Å². The Hall–Kier alpha value is -1.56. The molecule has 0 bridgehead atoms. The average molecular weight is 483 g/mol. The van der Waals surface area contributed by atoms with E-state index in [4.69, 9.17) is 9.98 Å². The SMILES string of the molecule is CCCCCCC(=N\c1cc(C)cc(C)c1)/C(CCCC)=N/c1ccccc1.[Pd]. The molecule has 160 valence electrons. The Bertz CT molecular complexity index is 758. The average Bonchev–Trinajstić information content (AvgIpc) is 2.67. The van der Waals surface area contributed by atoms with Crippen LogP contribution in [0.4, 0.5) is 11.4 Å². The maximum absolute atomic E-state index is 5.11. The van der Waals surface area contributed by atoms with Gasteiger partial charge in [0.1, 0.15) is 0 Å². The third kappa shape index (κ3) is 9.66. The van der Waals surface area contributed by atoms with E-state index in [1.807, 2.05) is 6.07 Å². The zero-order valence-corrected chi connectivity index (χ0v) is 20.0. The Morgan fingerprint density at radius 1 is 0.655 bits per heavy atom. The zero-order valence-electron chi connectivity index (χ0n) is 18.5. The van der Waals surface area contributed by atoms with Crippen molar-refractivity contribution in [2.24, 2.45) is 9.98 Å². The molecule has 0 aliphatic heterocycles. The van der Waals surface area contributed by atoms with Crippen molar-refractivity contribution in [1.29, 1.82) is 0 Å². The number of nitrogens with zero attached hydrogens (tertiary/aromatic N) is 2. The summed E-state index contributed by atoms with van der Waals surface area (Å²) >= 11 is 0. The molecule has 2 aromatic carbocycles. The van der Waals surface area contributed by atoms with E-state index in [1.165, 1.54) is 48.9 Å². The van der Waals surface area contributed by atoms with Crippen molar-refractivity contribution in [3.8, 4) is 0 Å². The molecule has 0 fully saturated rings. The van der Waals surface area contributed by atoms with E-state index in [9.17, 15) is 0 Å². The Balaban J connectivity index is 0.00000420. The molecule has 29 heavy (non-hydrogen) atoms. The summed E-state index contributed by atoms with van der Waals surface area (Å²) in [6, 6.07) is 16.9. The number of aliphatic imine (C=N–C) groups is 2. The first-order chi connectivity index (χ1) is 13.6. The molecule has 0 aliphatic rings. The summed E-state index contributed by atoms with van der Waals surface area (Å²) in [6.07, 6.45) is 9.28. The van der Waals surface area contributed by atoms with Crippen LogP contribution in [0, 0.1) is 13.8 Å². The third-order valence-electron chi connectivity index (χ3n) is 4.86. The second kappa shape index (κ2) is 14.4. The van der Waals surface area contributed by atoms with Crippen LogP contribution in [-0.4, -0.2) is 11.4 Å². The molecule has 2 aromatic rings. The summed E-state index contributed by atoms with van der Waals surface area (Å²) in [5.41, 5.74) is 6.93. The molecule has 0 radical (unpaired) electrons. The van der Waals surface area contributed by atoms with E-state index in [-0.39, 0.29) is 20.4 Å². The van der Waals surface area contributed by atoms with Gasteiger partial charge in [0, 0.05) is 20.4 Å². The molecule has 0 saturated heterocycles. The Labute approximate surface area is 191 Å². The fourth-order valence-corrected chi connectivity index (χ4v) is 3.42. The first kappa shape index (κ1) is 25.5. The molecule has 0 amide bonds. The fraction of sp³-hybridized carbons (Fsp3) is 0.462. The zero-order chi connectivity index (χ0) is 20.2. The van der Waals surface area contributed by atoms with Crippen LogP contribution in [0.2, 0.25) is 0 Å². The van der Waals surface area contributed by atoms with Gasteiger partial charge >= 0.3 is 0 Å². The van der Waals surface area contributed by atoms with Crippen molar-refractivity contribution in [1.82, 2.24) is 0 Å². The Kier molecular flexibility index (Phi) is 12.7. The molecule has 0 heterocycles. The summed E-state index contributed by atoms with van der Waals surface area (Å²) in [4.78, 5) is 10.1. The second-order valence-corrected chi connectivity index (χ2v) is 7.71. The number of hydrogen-bond donors (Lipinski definition) is 0. The van der Waals surface area contributed by atoms with Crippen molar-refractivity contribution < 1.29 is 20.4 Å². The smallest absolute Gasteiger partial charge is 0.0639 e. The quantitative estimate of drug-likeness (QED) is 0.175. The van der Waals surface area contributed by atoms with Gasteiger partial charge in [-0.3, -0.25) is 9.98 Å². The molecule has 3 heteroatoms. The molecule has 2 nitrogen and oxygen atoms in total. The summed E-state index contributed by atoms with van der Waals surface area (Å²) in [5.74, 6) is 0. The van der Waals surface area contributed by atoms with E-state index in [1.54, 1.807) is 0 Å². The first-order valence-electron chi connectivity index (χ1n) is 10.9. The van der Waals surface area contributed by atoms with E-state index in [0.29, 0.717) is 0 Å². The van der Waals surface area contributed by atoms with Gasteiger partial charge in [-0.05, 0) is 74.9 Å². The number of para-hydroxylation sites is 1. The first-order valence-corrected chi connectivity index (χ1v) is 10.9. The van der Waals surface area contributed by atoms with Gasteiger partial charge < -0.3 is 0 Å².